The van der Waals surface area contributed by atoms with Crippen molar-refractivity contribution in [1.29, 1.82) is 0 Å². The van der Waals surface area contributed by atoms with Gasteiger partial charge in [-0.15, -0.1) is 6.58 Å². The Balaban J connectivity index is 1.87. The zero-order valence-corrected chi connectivity index (χ0v) is 10.9. The van der Waals surface area contributed by atoms with Crippen molar-refractivity contribution >= 4 is 12.2 Å². The second-order valence-corrected chi connectivity index (χ2v) is 5.03. The summed E-state index contributed by atoms with van der Waals surface area (Å²) in [6.07, 6.45) is 3.01. The van der Waals surface area contributed by atoms with Gasteiger partial charge in [-0.05, 0) is 30.1 Å². The van der Waals surface area contributed by atoms with Gasteiger partial charge < -0.3 is 4.57 Å². The highest BCUT2D eigenvalue weighted by Crippen LogP contribution is 2.53. The first-order valence-electron chi connectivity index (χ1n) is 6.12. The molecule has 0 radical (unpaired) electrons. The number of benzene rings is 1. The molecule has 18 heavy (non-hydrogen) atoms. The van der Waals surface area contributed by atoms with E-state index in [-0.39, 0.29) is 0 Å². The highest BCUT2D eigenvalue weighted by Gasteiger charge is 2.42. The Morgan fingerprint density at radius 3 is 2.89 bits per heavy atom. The Morgan fingerprint density at radius 2 is 2.17 bits per heavy atom. The molecule has 1 heterocycles. The standard InChI is InChI=1S/C14H15N3S/c1-2-8-17-13(15-16-14(17)18)12-9-11(12)10-6-4-3-5-7-10/h2-7,11-12H,1,8-9H2,(H,16,18). The second-order valence-electron chi connectivity index (χ2n) is 4.65. The van der Waals surface area contributed by atoms with Crippen LogP contribution in [0.5, 0.6) is 0 Å². The van der Waals surface area contributed by atoms with Gasteiger partial charge in [0.2, 0.25) is 0 Å². The van der Waals surface area contributed by atoms with Crippen molar-refractivity contribution in [2.45, 2.75) is 24.8 Å². The number of rotatable bonds is 4. The lowest BCUT2D eigenvalue weighted by molar-refractivity contribution is 0.727. The van der Waals surface area contributed by atoms with Gasteiger partial charge in [-0.1, -0.05) is 36.4 Å². The van der Waals surface area contributed by atoms with Gasteiger partial charge in [0.1, 0.15) is 5.82 Å². The molecule has 1 N–H and O–H groups in total. The lowest BCUT2D eigenvalue weighted by Gasteiger charge is -2.03. The number of aromatic amines is 1. The fourth-order valence-electron chi connectivity index (χ4n) is 2.47. The van der Waals surface area contributed by atoms with Crippen LogP contribution in [0.1, 0.15) is 29.6 Å². The van der Waals surface area contributed by atoms with Crippen LogP contribution in [0, 0.1) is 4.77 Å². The molecule has 2 atom stereocenters. The van der Waals surface area contributed by atoms with Crippen LogP contribution in [0.2, 0.25) is 0 Å². The summed E-state index contributed by atoms with van der Waals surface area (Å²) in [5.41, 5.74) is 1.39. The Kier molecular flexibility index (Phi) is 2.88. The predicted octanol–water partition coefficient (Wildman–Crippen LogP) is 3.40. The zero-order valence-electron chi connectivity index (χ0n) is 10.0. The van der Waals surface area contributed by atoms with E-state index in [4.69, 9.17) is 12.2 Å². The van der Waals surface area contributed by atoms with Gasteiger partial charge in [0.25, 0.3) is 0 Å². The van der Waals surface area contributed by atoms with Crippen molar-refractivity contribution in [3.05, 3.63) is 59.1 Å². The van der Waals surface area contributed by atoms with Crippen molar-refractivity contribution < 1.29 is 0 Å². The molecule has 2 unspecified atom stereocenters. The van der Waals surface area contributed by atoms with Crippen LogP contribution in [0.15, 0.2) is 43.0 Å². The van der Waals surface area contributed by atoms with Gasteiger partial charge in [0, 0.05) is 12.5 Å². The number of hydrogen-bond acceptors (Lipinski definition) is 2. The summed E-state index contributed by atoms with van der Waals surface area (Å²) in [6.45, 7) is 4.49. The van der Waals surface area contributed by atoms with Gasteiger partial charge in [-0.2, -0.15) is 5.10 Å². The molecule has 1 saturated carbocycles. The molecule has 1 aromatic heterocycles. The predicted molar refractivity (Wildman–Crippen MR) is 74.1 cm³/mol. The molecule has 0 saturated heterocycles. The number of aromatic nitrogens is 3. The van der Waals surface area contributed by atoms with E-state index < -0.39 is 0 Å². The van der Waals surface area contributed by atoms with Crippen LogP contribution in [0.3, 0.4) is 0 Å². The number of allylic oxidation sites excluding steroid dienone is 1. The van der Waals surface area contributed by atoms with Crippen LogP contribution in [0.25, 0.3) is 0 Å². The van der Waals surface area contributed by atoms with Crippen LogP contribution in [0.4, 0.5) is 0 Å². The first-order valence-corrected chi connectivity index (χ1v) is 6.53. The molecule has 1 fully saturated rings. The maximum atomic E-state index is 5.24. The molecule has 3 rings (SSSR count). The highest BCUT2D eigenvalue weighted by atomic mass is 32.1. The third kappa shape index (κ3) is 1.93. The van der Waals surface area contributed by atoms with E-state index in [1.807, 2.05) is 10.6 Å². The van der Waals surface area contributed by atoms with Crippen LogP contribution >= 0.6 is 12.2 Å². The third-order valence-corrected chi connectivity index (χ3v) is 3.76. The Bertz CT molecular complexity index is 611. The second kappa shape index (κ2) is 4.53. The van der Waals surface area contributed by atoms with Gasteiger partial charge in [-0.25, -0.2) is 0 Å². The zero-order chi connectivity index (χ0) is 12.5. The molecule has 2 aromatic rings. The van der Waals surface area contributed by atoms with E-state index in [2.05, 4.69) is 47.1 Å². The smallest absolute Gasteiger partial charge is 0.195 e. The molecule has 1 aliphatic carbocycles. The molecule has 0 aliphatic heterocycles. The number of nitrogens with zero attached hydrogens (tertiary/aromatic N) is 2. The lowest BCUT2D eigenvalue weighted by atomic mass is 10.1. The van der Waals surface area contributed by atoms with E-state index in [1.165, 1.54) is 5.56 Å². The average Bonchev–Trinajstić information content (AvgIpc) is 3.12. The van der Waals surface area contributed by atoms with E-state index in [0.717, 1.165) is 18.8 Å². The molecule has 1 aromatic carbocycles. The Hall–Kier alpha value is -1.68. The maximum Gasteiger partial charge on any atom is 0.195 e. The summed E-state index contributed by atoms with van der Waals surface area (Å²) in [7, 11) is 0. The summed E-state index contributed by atoms with van der Waals surface area (Å²) in [6, 6.07) is 10.6. The normalized spacial score (nSPS) is 21.8. The first-order chi connectivity index (χ1) is 8.81. The quantitative estimate of drug-likeness (QED) is 0.673. The Labute approximate surface area is 111 Å². The minimum Gasteiger partial charge on any atom is -0.300 e. The summed E-state index contributed by atoms with van der Waals surface area (Å²) in [5, 5.41) is 7.25. The fraction of sp³-hybridized carbons (Fsp3) is 0.286. The first kappa shape index (κ1) is 11.4. The molecular formula is C14H15N3S. The minimum absolute atomic E-state index is 0.486. The number of H-pyrrole nitrogens is 1. The van der Waals surface area contributed by atoms with E-state index in [0.29, 0.717) is 16.6 Å². The molecule has 92 valence electrons. The average molecular weight is 257 g/mol. The molecular weight excluding hydrogens is 242 g/mol. The molecule has 0 spiro atoms. The van der Waals surface area contributed by atoms with Gasteiger partial charge in [-0.3, -0.25) is 5.10 Å². The molecule has 3 nitrogen and oxygen atoms in total. The van der Waals surface area contributed by atoms with Crippen LogP contribution in [-0.2, 0) is 6.54 Å². The van der Waals surface area contributed by atoms with Crippen molar-refractivity contribution in [2.24, 2.45) is 0 Å². The molecule has 1 aliphatic rings. The third-order valence-electron chi connectivity index (χ3n) is 3.45. The van der Waals surface area contributed by atoms with Gasteiger partial charge in [0.05, 0.1) is 0 Å². The lowest BCUT2D eigenvalue weighted by Crippen LogP contribution is -2.01. The van der Waals surface area contributed by atoms with E-state index in [9.17, 15) is 0 Å². The highest BCUT2D eigenvalue weighted by molar-refractivity contribution is 7.71. The maximum absolute atomic E-state index is 5.24. The summed E-state index contributed by atoms with van der Waals surface area (Å²) in [4.78, 5) is 0. The van der Waals surface area contributed by atoms with Crippen LogP contribution < -0.4 is 0 Å². The topological polar surface area (TPSA) is 33.6 Å². The summed E-state index contributed by atoms with van der Waals surface area (Å²) < 4.78 is 2.72. The monoisotopic (exact) mass is 257 g/mol. The largest absolute Gasteiger partial charge is 0.300 e. The SMILES string of the molecule is C=CCn1c(C2CC2c2ccccc2)n[nH]c1=S. The summed E-state index contributed by atoms with van der Waals surface area (Å²) >= 11 is 5.24. The van der Waals surface area contributed by atoms with E-state index in [1.54, 1.807) is 0 Å². The summed E-state index contributed by atoms with van der Waals surface area (Å²) in [5.74, 6) is 2.13. The number of nitrogens with one attached hydrogen (secondary N) is 1. The van der Waals surface area contributed by atoms with Crippen molar-refractivity contribution in [3.63, 3.8) is 0 Å². The molecule has 4 heteroatoms. The molecule has 0 amide bonds. The van der Waals surface area contributed by atoms with Crippen molar-refractivity contribution in [2.75, 3.05) is 0 Å². The van der Waals surface area contributed by atoms with Crippen molar-refractivity contribution in [3.8, 4) is 0 Å². The molecule has 0 bridgehead atoms. The van der Waals surface area contributed by atoms with Crippen molar-refractivity contribution in [1.82, 2.24) is 14.8 Å². The fourth-order valence-corrected chi connectivity index (χ4v) is 2.68. The van der Waals surface area contributed by atoms with Gasteiger partial charge >= 0.3 is 0 Å². The minimum atomic E-state index is 0.486. The number of hydrogen-bond donors (Lipinski definition) is 1. The Morgan fingerprint density at radius 1 is 1.39 bits per heavy atom. The van der Waals surface area contributed by atoms with Crippen LogP contribution in [-0.4, -0.2) is 14.8 Å². The van der Waals surface area contributed by atoms with Gasteiger partial charge in [0.15, 0.2) is 4.77 Å². The van der Waals surface area contributed by atoms with E-state index >= 15 is 0 Å².